The third kappa shape index (κ3) is 1.82. The number of carbonyl (C=O) groups excluding carboxylic acids is 1. The number of benzene rings is 1. The molecule has 1 aromatic rings. The summed E-state index contributed by atoms with van der Waals surface area (Å²) in [6.45, 7) is 1.58. The number of rotatable bonds is 1. The van der Waals surface area contributed by atoms with E-state index in [1.54, 1.807) is 11.0 Å². The van der Waals surface area contributed by atoms with Crippen LogP contribution in [0.2, 0.25) is 0 Å². The number of nitrogens with one attached hydrogen (secondary N) is 1. The van der Waals surface area contributed by atoms with Crippen LogP contribution in [0.5, 0.6) is 0 Å². The molecule has 1 atom stereocenters. The molecule has 1 saturated heterocycles. The first-order valence-electron chi connectivity index (χ1n) is 6.09. The molecule has 0 saturated carbocycles. The van der Waals surface area contributed by atoms with E-state index in [2.05, 4.69) is 5.32 Å². The van der Waals surface area contributed by atoms with E-state index in [1.165, 1.54) is 12.1 Å². The standard InChI is InChI=1S/C13H15FN2O/c14-10-4-3-9-5-7-16(12(9)8-10)13(17)11-2-1-6-15-11/h3-4,8,11,15H,1-2,5-7H2/t11-/m1/s1. The topological polar surface area (TPSA) is 32.3 Å². The SMILES string of the molecule is O=C([C@H]1CCCN1)N1CCc2ccc(F)cc21. The predicted molar refractivity (Wildman–Crippen MR) is 63.5 cm³/mol. The van der Waals surface area contributed by atoms with E-state index in [0.717, 1.165) is 37.1 Å². The zero-order chi connectivity index (χ0) is 11.8. The maximum absolute atomic E-state index is 13.2. The van der Waals surface area contributed by atoms with E-state index in [4.69, 9.17) is 0 Å². The molecule has 90 valence electrons. The van der Waals surface area contributed by atoms with Gasteiger partial charge in [-0.15, -0.1) is 0 Å². The molecule has 3 rings (SSSR count). The lowest BCUT2D eigenvalue weighted by atomic mass is 10.1. The van der Waals surface area contributed by atoms with Gasteiger partial charge in [0.2, 0.25) is 5.91 Å². The first-order valence-corrected chi connectivity index (χ1v) is 6.09. The third-order valence-electron chi connectivity index (χ3n) is 3.57. The van der Waals surface area contributed by atoms with Gasteiger partial charge in [-0.2, -0.15) is 0 Å². The largest absolute Gasteiger partial charge is 0.310 e. The molecule has 0 spiro atoms. The number of amides is 1. The van der Waals surface area contributed by atoms with Crippen molar-refractivity contribution in [1.29, 1.82) is 0 Å². The lowest BCUT2D eigenvalue weighted by Gasteiger charge is -2.21. The normalized spacial score (nSPS) is 22.9. The first kappa shape index (κ1) is 10.7. The van der Waals surface area contributed by atoms with Crippen LogP contribution in [0.25, 0.3) is 0 Å². The summed E-state index contributed by atoms with van der Waals surface area (Å²) in [4.78, 5) is 14.0. The molecule has 4 heteroatoms. The van der Waals surface area contributed by atoms with Gasteiger partial charge in [0.1, 0.15) is 5.82 Å². The Morgan fingerprint density at radius 1 is 1.47 bits per heavy atom. The van der Waals surface area contributed by atoms with Crippen LogP contribution in [0.4, 0.5) is 10.1 Å². The average molecular weight is 234 g/mol. The van der Waals surface area contributed by atoms with E-state index in [0.29, 0.717) is 6.54 Å². The number of nitrogens with zero attached hydrogens (tertiary/aromatic N) is 1. The second kappa shape index (κ2) is 4.11. The van der Waals surface area contributed by atoms with Gasteiger partial charge in [-0.25, -0.2) is 4.39 Å². The zero-order valence-corrected chi connectivity index (χ0v) is 9.58. The van der Waals surface area contributed by atoms with Crippen LogP contribution in [0.3, 0.4) is 0 Å². The molecule has 1 fully saturated rings. The molecule has 0 aromatic heterocycles. The van der Waals surface area contributed by atoms with E-state index < -0.39 is 0 Å². The van der Waals surface area contributed by atoms with Crippen LogP contribution in [0, 0.1) is 5.82 Å². The number of hydrogen-bond acceptors (Lipinski definition) is 2. The highest BCUT2D eigenvalue weighted by Crippen LogP contribution is 2.29. The summed E-state index contributed by atoms with van der Waals surface area (Å²) in [6.07, 6.45) is 2.76. The minimum atomic E-state index is -0.275. The zero-order valence-electron chi connectivity index (χ0n) is 9.58. The Balaban J connectivity index is 1.87. The molecule has 2 heterocycles. The number of halogens is 1. The Morgan fingerprint density at radius 2 is 2.35 bits per heavy atom. The van der Waals surface area contributed by atoms with Gasteiger partial charge in [-0.3, -0.25) is 4.79 Å². The average Bonchev–Trinajstić information content (AvgIpc) is 2.97. The van der Waals surface area contributed by atoms with Crippen molar-refractivity contribution in [3.8, 4) is 0 Å². The van der Waals surface area contributed by atoms with Gasteiger partial charge in [0.15, 0.2) is 0 Å². The van der Waals surface area contributed by atoms with Crippen molar-refractivity contribution in [2.75, 3.05) is 18.0 Å². The van der Waals surface area contributed by atoms with Crippen molar-refractivity contribution in [2.45, 2.75) is 25.3 Å². The lowest BCUT2D eigenvalue weighted by molar-refractivity contribution is -0.120. The van der Waals surface area contributed by atoms with Crippen LogP contribution < -0.4 is 10.2 Å². The second-order valence-electron chi connectivity index (χ2n) is 4.66. The molecule has 1 amide bonds. The van der Waals surface area contributed by atoms with Gasteiger partial charge in [0.25, 0.3) is 0 Å². The fourth-order valence-electron chi connectivity index (χ4n) is 2.66. The second-order valence-corrected chi connectivity index (χ2v) is 4.66. The summed E-state index contributed by atoms with van der Waals surface area (Å²) in [6, 6.07) is 4.62. The maximum atomic E-state index is 13.2. The van der Waals surface area contributed by atoms with Gasteiger partial charge in [-0.1, -0.05) is 6.07 Å². The van der Waals surface area contributed by atoms with Gasteiger partial charge in [0.05, 0.1) is 6.04 Å². The highest BCUT2D eigenvalue weighted by molar-refractivity contribution is 5.99. The molecule has 2 aliphatic heterocycles. The molecule has 1 aromatic carbocycles. The van der Waals surface area contributed by atoms with Crippen molar-refractivity contribution < 1.29 is 9.18 Å². The molecule has 2 aliphatic rings. The van der Waals surface area contributed by atoms with Crippen molar-refractivity contribution in [1.82, 2.24) is 5.32 Å². The number of anilines is 1. The number of carbonyl (C=O) groups is 1. The predicted octanol–water partition coefficient (Wildman–Crippen LogP) is 1.47. The summed E-state index contributed by atoms with van der Waals surface area (Å²) in [7, 11) is 0. The summed E-state index contributed by atoms with van der Waals surface area (Å²) >= 11 is 0. The molecular weight excluding hydrogens is 219 g/mol. The highest BCUT2D eigenvalue weighted by Gasteiger charge is 2.31. The van der Waals surface area contributed by atoms with Crippen molar-refractivity contribution >= 4 is 11.6 Å². The minimum Gasteiger partial charge on any atom is -0.310 e. The monoisotopic (exact) mass is 234 g/mol. The van der Waals surface area contributed by atoms with Crippen molar-refractivity contribution in [3.63, 3.8) is 0 Å². The molecule has 17 heavy (non-hydrogen) atoms. The Labute approximate surface area is 99.6 Å². The van der Waals surface area contributed by atoms with Crippen molar-refractivity contribution in [3.05, 3.63) is 29.6 Å². The third-order valence-corrected chi connectivity index (χ3v) is 3.57. The molecule has 1 N–H and O–H groups in total. The van der Waals surface area contributed by atoms with Crippen LogP contribution in [-0.4, -0.2) is 25.0 Å². The van der Waals surface area contributed by atoms with E-state index >= 15 is 0 Å². The molecular formula is C13H15FN2O. The fourth-order valence-corrected chi connectivity index (χ4v) is 2.66. The van der Waals surface area contributed by atoms with E-state index in [1.807, 2.05) is 0 Å². The fraction of sp³-hybridized carbons (Fsp3) is 0.462. The molecule has 0 bridgehead atoms. The molecule has 0 radical (unpaired) electrons. The Kier molecular flexibility index (Phi) is 2.59. The van der Waals surface area contributed by atoms with E-state index in [-0.39, 0.29) is 17.8 Å². The van der Waals surface area contributed by atoms with Gasteiger partial charge in [-0.05, 0) is 43.5 Å². The Hall–Kier alpha value is -1.42. The van der Waals surface area contributed by atoms with Crippen LogP contribution in [-0.2, 0) is 11.2 Å². The Bertz CT molecular complexity index is 455. The van der Waals surface area contributed by atoms with Gasteiger partial charge < -0.3 is 10.2 Å². The minimum absolute atomic E-state index is 0.0794. The lowest BCUT2D eigenvalue weighted by Crippen LogP contribution is -2.42. The van der Waals surface area contributed by atoms with Gasteiger partial charge >= 0.3 is 0 Å². The molecule has 3 nitrogen and oxygen atoms in total. The van der Waals surface area contributed by atoms with Crippen molar-refractivity contribution in [2.24, 2.45) is 0 Å². The summed E-state index contributed by atoms with van der Waals surface area (Å²) in [5.74, 6) is -0.185. The summed E-state index contributed by atoms with van der Waals surface area (Å²) in [5, 5.41) is 3.19. The van der Waals surface area contributed by atoms with Crippen LogP contribution in [0.1, 0.15) is 18.4 Å². The summed E-state index contributed by atoms with van der Waals surface area (Å²) < 4.78 is 13.2. The van der Waals surface area contributed by atoms with E-state index in [9.17, 15) is 9.18 Å². The Morgan fingerprint density at radius 3 is 3.12 bits per heavy atom. The maximum Gasteiger partial charge on any atom is 0.244 e. The first-order chi connectivity index (χ1) is 8.25. The summed E-state index contributed by atoms with van der Waals surface area (Å²) in [5.41, 5.74) is 1.82. The number of fused-ring (bicyclic) bond motifs is 1. The van der Waals surface area contributed by atoms with Crippen LogP contribution >= 0.6 is 0 Å². The van der Waals surface area contributed by atoms with Crippen LogP contribution in [0.15, 0.2) is 18.2 Å². The molecule has 0 unspecified atom stereocenters. The van der Waals surface area contributed by atoms with Gasteiger partial charge in [0, 0.05) is 12.2 Å². The highest BCUT2D eigenvalue weighted by atomic mass is 19.1. The molecule has 0 aliphatic carbocycles. The number of hydrogen-bond donors (Lipinski definition) is 1. The smallest absolute Gasteiger partial charge is 0.244 e. The quantitative estimate of drug-likeness (QED) is 0.798.